The van der Waals surface area contributed by atoms with Crippen LogP contribution >= 0.6 is 0 Å². The van der Waals surface area contributed by atoms with Crippen LogP contribution in [-0.4, -0.2) is 40.8 Å². The van der Waals surface area contributed by atoms with Gasteiger partial charge in [-0.2, -0.15) is 0 Å². The number of likely N-dealkylation sites (tertiary alicyclic amines) is 1. The van der Waals surface area contributed by atoms with E-state index in [1.807, 2.05) is 34.6 Å². The van der Waals surface area contributed by atoms with Gasteiger partial charge in [-0.25, -0.2) is 4.79 Å². The normalized spacial score (nSPS) is 18.4. The van der Waals surface area contributed by atoms with Gasteiger partial charge in [-0.05, 0) is 26.7 Å². The summed E-state index contributed by atoms with van der Waals surface area (Å²) in [5, 5.41) is 9.16. The SMILES string of the molecule is CC(C)C(C(=O)O)C1CN(C(=O)OC(C)(C)C)C1. The molecule has 1 heterocycles. The zero-order valence-corrected chi connectivity index (χ0v) is 11.8. The second-order valence-corrected chi connectivity index (χ2v) is 6.25. The quantitative estimate of drug-likeness (QED) is 0.841. The number of amides is 1. The predicted molar refractivity (Wildman–Crippen MR) is 67.3 cm³/mol. The zero-order chi connectivity index (χ0) is 14.1. The summed E-state index contributed by atoms with van der Waals surface area (Å²) < 4.78 is 5.23. The largest absolute Gasteiger partial charge is 0.481 e. The molecule has 1 rings (SSSR count). The molecule has 5 nitrogen and oxygen atoms in total. The Balaban J connectivity index is 2.48. The van der Waals surface area contributed by atoms with Crippen LogP contribution in [0.4, 0.5) is 4.79 Å². The van der Waals surface area contributed by atoms with Crippen LogP contribution in [0.5, 0.6) is 0 Å². The van der Waals surface area contributed by atoms with E-state index in [1.165, 1.54) is 0 Å². The maximum Gasteiger partial charge on any atom is 0.410 e. The van der Waals surface area contributed by atoms with Crippen LogP contribution in [0.15, 0.2) is 0 Å². The third-order valence-electron chi connectivity index (χ3n) is 3.07. The van der Waals surface area contributed by atoms with Gasteiger partial charge in [0.1, 0.15) is 5.60 Å². The highest BCUT2D eigenvalue weighted by Gasteiger charge is 2.42. The topological polar surface area (TPSA) is 66.8 Å². The van der Waals surface area contributed by atoms with E-state index in [-0.39, 0.29) is 23.8 Å². The summed E-state index contributed by atoms with van der Waals surface area (Å²) >= 11 is 0. The van der Waals surface area contributed by atoms with Crippen LogP contribution in [0.3, 0.4) is 0 Å². The van der Waals surface area contributed by atoms with Gasteiger partial charge >= 0.3 is 12.1 Å². The van der Waals surface area contributed by atoms with E-state index in [0.717, 1.165) is 0 Å². The Morgan fingerprint density at radius 3 is 2.11 bits per heavy atom. The molecule has 0 spiro atoms. The van der Waals surface area contributed by atoms with E-state index < -0.39 is 11.6 Å². The molecule has 1 aliphatic rings. The highest BCUT2D eigenvalue weighted by Crippen LogP contribution is 2.30. The number of aliphatic carboxylic acids is 1. The summed E-state index contributed by atoms with van der Waals surface area (Å²) in [7, 11) is 0. The Labute approximate surface area is 108 Å². The fourth-order valence-electron chi connectivity index (χ4n) is 2.25. The summed E-state index contributed by atoms with van der Waals surface area (Å²) in [6, 6.07) is 0. The van der Waals surface area contributed by atoms with Gasteiger partial charge in [-0.3, -0.25) is 4.79 Å². The summed E-state index contributed by atoms with van der Waals surface area (Å²) in [5.74, 6) is -1.05. The molecule has 1 unspecified atom stereocenters. The third-order valence-corrected chi connectivity index (χ3v) is 3.07. The van der Waals surface area contributed by atoms with Crippen molar-refractivity contribution in [2.45, 2.75) is 40.2 Å². The van der Waals surface area contributed by atoms with Gasteiger partial charge in [0.25, 0.3) is 0 Å². The van der Waals surface area contributed by atoms with E-state index in [4.69, 9.17) is 9.84 Å². The number of carboxylic acids is 1. The van der Waals surface area contributed by atoms with Crippen molar-refractivity contribution in [2.24, 2.45) is 17.8 Å². The van der Waals surface area contributed by atoms with Crippen molar-refractivity contribution in [1.29, 1.82) is 0 Å². The number of carboxylic acid groups (broad SMARTS) is 1. The molecule has 1 atom stereocenters. The fraction of sp³-hybridized carbons (Fsp3) is 0.846. The predicted octanol–water partition coefficient (Wildman–Crippen LogP) is 2.21. The van der Waals surface area contributed by atoms with Gasteiger partial charge in [0, 0.05) is 19.0 Å². The fourth-order valence-corrected chi connectivity index (χ4v) is 2.25. The highest BCUT2D eigenvalue weighted by atomic mass is 16.6. The summed E-state index contributed by atoms with van der Waals surface area (Å²) in [4.78, 5) is 24.4. The lowest BCUT2D eigenvalue weighted by Crippen LogP contribution is -2.56. The van der Waals surface area contributed by atoms with Crippen LogP contribution in [0.25, 0.3) is 0 Å². The van der Waals surface area contributed by atoms with Crippen molar-refractivity contribution in [3.05, 3.63) is 0 Å². The minimum Gasteiger partial charge on any atom is -0.481 e. The number of hydrogen-bond donors (Lipinski definition) is 1. The smallest absolute Gasteiger partial charge is 0.410 e. The number of rotatable bonds is 3. The molecule has 18 heavy (non-hydrogen) atoms. The Hall–Kier alpha value is -1.26. The van der Waals surface area contributed by atoms with Gasteiger partial charge in [0.05, 0.1) is 5.92 Å². The number of hydrogen-bond acceptors (Lipinski definition) is 3. The summed E-state index contributed by atoms with van der Waals surface area (Å²) in [6.07, 6.45) is -0.355. The van der Waals surface area contributed by atoms with Gasteiger partial charge < -0.3 is 14.7 Å². The van der Waals surface area contributed by atoms with Crippen molar-refractivity contribution in [1.82, 2.24) is 4.90 Å². The Kier molecular flexibility index (Phi) is 4.24. The van der Waals surface area contributed by atoms with Gasteiger partial charge in [0.2, 0.25) is 0 Å². The van der Waals surface area contributed by atoms with Crippen molar-refractivity contribution in [3.63, 3.8) is 0 Å². The molecule has 104 valence electrons. The lowest BCUT2D eigenvalue weighted by Gasteiger charge is -2.43. The molecule has 0 aromatic carbocycles. The summed E-state index contributed by atoms with van der Waals surface area (Å²) in [5.41, 5.74) is -0.508. The van der Waals surface area contributed by atoms with Gasteiger partial charge in [-0.15, -0.1) is 0 Å². The number of ether oxygens (including phenoxy) is 1. The molecular weight excluding hydrogens is 234 g/mol. The van der Waals surface area contributed by atoms with Crippen LogP contribution in [0.1, 0.15) is 34.6 Å². The Bertz CT molecular complexity index is 326. The van der Waals surface area contributed by atoms with E-state index in [2.05, 4.69) is 0 Å². The molecule has 0 aliphatic carbocycles. The minimum absolute atomic E-state index is 0.0371. The molecule has 0 aromatic rings. The first kappa shape index (κ1) is 14.8. The molecule has 5 heteroatoms. The van der Waals surface area contributed by atoms with Crippen molar-refractivity contribution in [2.75, 3.05) is 13.1 Å². The molecule has 0 saturated carbocycles. The number of nitrogens with zero attached hydrogens (tertiary/aromatic N) is 1. The second kappa shape index (κ2) is 5.16. The first-order valence-corrected chi connectivity index (χ1v) is 6.32. The summed E-state index contributed by atoms with van der Waals surface area (Å²) in [6.45, 7) is 10.2. The lowest BCUT2D eigenvalue weighted by molar-refractivity contribution is -0.148. The van der Waals surface area contributed by atoms with Gasteiger partial charge in [-0.1, -0.05) is 13.8 Å². The number of carbonyl (C=O) groups excluding carboxylic acids is 1. The molecule has 1 saturated heterocycles. The molecule has 0 radical (unpaired) electrons. The van der Waals surface area contributed by atoms with Gasteiger partial charge in [0.15, 0.2) is 0 Å². The second-order valence-electron chi connectivity index (χ2n) is 6.25. The zero-order valence-electron chi connectivity index (χ0n) is 11.8. The average molecular weight is 257 g/mol. The minimum atomic E-state index is -0.779. The van der Waals surface area contributed by atoms with E-state index in [9.17, 15) is 9.59 Å². The molecular formula is C13H23NO4. The Morgan fingerprint density at radius 1 is 1.28 bits per heavy atom. The van der Waals surface area contributed by atoms with Crippen LogP contribution in [0.2, 0.25) is 0 Å². The maximum absolute atomic E-state index is 11.7. The first-order valence-electron chi connectivity index (χ1n) is 6.32. The van der Waals surface area contributed by atoms with Crippen LogP contribution < -0.4 is 0 Å². The van der Waals surface area contributed by atoms with Crippen LogP contribution in [-0.2, 0) is 9.53 Å². The third kappa shape index (κ3) is 3.62. The molecule has 0 bridgehead atoms. The maximum atomic E-state index is 11.7. The standard InChI is InChI=1S/C13H23NO4/c1-8(2)10(11(15)16)9-6-14(7-9)12(17)18-13(3,4)5/h8-10H,6-7H2,1-5H3,(H,15,16). The molecule has 1 amide bonds. The Morgan fingerprint density at radius 2 is 1.78 bits per heavy atom. The highest BCUT2D eigenvalue weighted by molar-refractivity contribution is 5.73. The average Bonchev–Trinajstić information content (AvgIpc) is 2.04. The molecule has 1 fully saturated rings. The van der Waals surface area contributed by atoms with Crippen molar-refractivity contribution < 1.29 is 19.4 Å². The van der Waals surface area contributed by atoms with Crippen molar-refractivity contribution in [3.8, 4) is 0 Å². The first-order chi connectivity index (χ1) is 8.11. The number of carbonyl (C=O) groups is 2. The van der Waals surface area contributed by atoms with E-state index >= 15 is 0 Å². The van der Waals surface area contributed by atoms with Crippen LogP contribution in [0, 0.1) is 17.8 Å². The van der Waals surface area contributed by atoms with Crippen molar-refractivity contribution >= 4 is 12.1 Å². The lowest BCUT2D eigenvalue weighted by atomic mass is 9.79. The molecule has 1 N–H and O–H groups in total. The monoisotopic (exact) mass is 257 g/mol. The molecule has 1 aliphatic heterocycles. The van der Waals surface area contributed by atoms with E-state index in [0.29, 0.717) is 13.1 Å². The van der Waals surface area contributed by atoms with E-state index in [1.54, 1.807) is 4.90 Å². The molecule has 0 aromatic heterocycles.